The van der Waals surface area contributed by atoms with Crippen LogP contribution >= 0.6 is 0 Å². The second kappa shape index (κ2) is 4.87. The van der Waals surface area contributed by atoms with Crippen LogP contribution in [-0.4, -0.2) is 31.5 Å². The van der Waals surface area contributed by atoms with Gasteiger partial charge in [0.15, 0.2) is 0 Å². The molecule has 2 saturated heterocycles. The van der Waals surface area contributed by atoms with Gasteiger partial charge in [-0.2, -0.15) is 0 Å². The van der Waals surface area contributed by atoms with Crippen molar-refractivity contribution < 1.29 is 14.0 Å². The summed E-state index contributed by atoms with van der Waals surface area (Å²) in [5.74, 6) is 0.544. The van der Waals surface area contributed by atoms with E-state index in [-0.39, 0.29) is 18.3 Å². The molecule has 1 atom stereocenters. The van der Waals surface area contributed by atoms with Crippen molar-refractivity contribution in [2.45, 2.75) is 51.2 Å². The molecule has 20 heavy (non-hydrogen) atoms. The Bertz CT molecular complexity index is 459. The Morgan fingerprint density at radius 1 is 1.00 bits per heavy atom. The summed E-state index contributed by atoms with van der Waals surface area (Å²) in [6.45, 7) is 10.0. The summed E-state index contributed by atoms with van der Waals surface area (Å²) >= 11 is 0. The third kappa shape index (κ3) is 2.41. The molecule has 3 nitrogen and oxygen atoms in total. The van der Waals surface area contributed by atoms with Gasteiger partial charge in [-0.25, -0.2) is 0 Å². The molecule has 0 radical (unpaired) electrons. The predicted molar refractivity (Wildman–Crippen MR) is 80.3 cm³/mol. The van der Waals surface area contributed by atoms with E-state index in [0.29, 0.717) is 5.92 Å². The maximum Gasteiger partial charge on any atom is 0.494 e. The normalized spacial score (nSPS) is 28.0. The highest BCUT2D eigenvalue weighted by Gasteiger charge is 2.51. The fraction of sp³-hybridized carbons (Fsp3) is 0.625. The van der Waals surface area contributed by atoms with Crippen LogP contribution in [0, 0.1) is 0 Å². The van der Waals surface area contributed by atoms with Crippen LogP contribution in [0.2, 0.25) is 0 Å². The van der Waals surface area contributed by atoms with Gasteiger partial charge >= 0.3 is 7.12 Å². The summed E-state index contributed by atoms with van der Waals surface area (Å²) in [6, 6.07) is 8.60. The first-order valence-corrected chi connectivity index (χ1v) is 7.42. The van der Waals surface area contributed by atoms with Crippen LogP contribution in [0.3, 0.4) is 0 Å². The van der Waals surface area contributed by atoms with Gasteiger partial charge in [0, 0.05) is 12.5 Å². The fourth-order valence-electron chi connectivity index (χ4n) is 2.70. The van der Waals surface area contributed by atoms with Crippen LogP contribution in [0.5, 0.6) is 0 Å². The largest absolute Gasteiger partial charge is 0.494 e. The highest BCUT2D eigenvalue weighted by atomic mass is 16.7. The molecule has 0 bridgehead atoms. The van der Waals surface area contributed by atoms with E-state index in [4.69, 9.17) is 14.0 Å². The number of hydrogen-bond acceptors (Lipinski definition) is 3. The lowest BCUT2D eigenvalue weighted by Crippen LogP contribution is -2.41. The van der Waals surface area contributed by atoms with Crippen LogP contribution in [-0.2, 0) is 14.0 Å². The summed E-state index contributed by atoms with van der Waals surface area (Å²) < 4.78 is 17.6. The zero-order valence-electron chi connectivity index (χ0n) is 12.8. The Hall–Kier alpha value is -0.835. The minimum atomic E-state index is -0.282. The molecule has 2 fully saturated rings. The van der Waals surface area contributed by atoms with Crippen molar-refractivity contribution in [3.63, 3.8) is 0 Å². The molecule has 108 valence electrons. The zero-order valence-corrected chi connectivity index (χ0v) is 12.8. The SMILES string of the molecule is CC1(C)OB(c2ccc(C3CCOC3)cc2)OC1(C)C. The van der Waals surface area contributed by atoms with Gasteiger partial charge < -0.3 is 14.0 Å². The van der Waals surface area contributed by atoms with Gasteiger partial charge in [0.05, 0.1) is 17.8 Å². The van der Waals surface area contributed by atoms with Crippen LogP contribution in [0.4, 0.5) is 0 Å². The molecule has 0 aromatic heterocycles. The first-order chi connectivity index (χ1) is 9.39. The molecule has 2 aliphatic rings. The Kier molecular flexibility index (Phi) is 3.43. The summed E-state index contributed by atoms with van der Waals surface area (Å²) in [4.78, 5) is 0. The van der Waals surface area contributed by atoms with E-state index in [9.17, 15) is 0 Å². The third-order valence-electron chi connectivity index (χ3n) is 4.86. The Balaban J connectivity index is 1.75. The molecular weight excluding hydrogens is 251 g/mol. The molecule has 3 rings (SSSR count). The fourth-order valence-corrected chi connectivity index (χ4v) is 2.70. The monoisotopic (exact) mass is 274 g/mol. The van der Waals surface area contributed by atoms with E-state index in [0.717, 1.165) is 25.1 Å². The van der Waals surface area contributed by atoms with Crippen LogP contribution in [0.25, 0.3) is 0 Å². The minimum absolute atomic E-state index is 0.270. The molecule has 2 heterocycles. The quantitative estimate of drug-likeness (QED) is 0.775. The van der Waals surface area contributed by atoms with E-state index in [1.807, 2.05) is 0 Å². The van der Waals surface area contributed by atoms with Crippen molar-refractivity contribution >= 4 is 12.6 Å². The van der Waals surface area contributed by atoms with E-state index in [1.54, 1.807) is 0 Å². The molecule has 1 unspecified atom stereocenters. The first kappa shape index (κ1) is 14.1. The van der Waals surface area contributed by atoms with Crippen LogP contribution in [0.1, 0.15) is 45.6 Å². The zero-order chi connectivity index (χ0) is 14.4. The predicted octanol–water partition coefficient (Wildman–Crippen LogP) is 2.49. The standard InChI is InChI=1S/C16H23BO3/c1-15(2)16(3,4)20-17(19-15)14-7-5-12(6-8-14)13-9-10-18-11-13/h5-8,13H,9-11H2,1-4H3. The highest BCUT2D eigenvalue weighted by molar-refractivity contribution is 6.62. The Labute approximate surface area is 121 Å². The molecule has 1 aromatic carbocycles. The van der Waals surface area contributed by atoms with Gasteiger partial charge in [0.2, 0.25) is 0 Å². The molecule has 1 aromatic rings. The van der Waals surface area contributed by atoms with Gasteiger partial charge in [0.1, 0.15) is 0 Å². The minimum Gasteiger partial charge on any atom is -0.399 e. The van der Waals surface area contributed by atoms with Crippen molar-refractivity contribution in [2.75, 3.05) is 13.2 Å². The van der Waals surface area contributed by atoms with Crippen molar-refractivity contribution in [3.05, 3.63) is 29.8 Å². The van der Waals surface area contributed by atoms with Crippen molar-refractivity contribution in [1.82, 2.24) is 0 Å². The summed E-state index contributed by atoms with van der Waals surface area (Å²) in [5, 5.41) is 0. The second-order valence-electron chi connectivity index (χ2n) is 6.82. The second-order valence-corrected chi connectivity index (χ2v) is 6.82. The maximum absolute atomic E-state index is 6.07. The molecule has 0 aliphatic carbocycles. The summed E-state index contributed by atoms with van der Waals surface area (Å²) in [5.41, 5.74) is 1.87. The van der Waals surface area contributed by atoms with Crippen molar-refractivity contribution in [3.8, 4) is 0 Å². The average Bonchev–Trinajstić information content (AvgIpc) is 2.97. The third-order valence-corrected chi connectivity index (χ3v) is 4.86. The molecule has 4 heteroatoms. The first-order valence-electron chi connectivity index (χ1n) is 7.42. The van der Waals surface area contributed by atoms with E-state index < -0.39 is 0 Å². The molecule has 0 N–H and O–H groups in total. The topological polar surface area (TPSA) is 27.7 Å². The lowest BCUT2D eigenvalue weighted by molar-refractivity contribution is 0.00578. The summed E-state index contributed by atoms with van der Waals surface area (Å²) in [6.07, 6.45) is 1.12. The summed E-state index contributed by atoms with van der Waals surface area (Å²) in [7, 11) is -0.270. The van der Waals surface area contributed by atoms with Gasteiger partial charge in [-0.15, -0.1) is 0 Å². The molecule has 2 aliphatic heterocycles. The Morgan fingerprint density at radius 2 is 1.60 bits per heavy atom. The van der Waals surface area contributed by atoms with Crippen molar-refractivity contribution in [1.29, 1.82) is 0 Å². The molecule has 0 amide bonds. The number of ether oxygens (including phenoxy) is 1. The highest BCUT2D eigenvalue weighted by Crippen LogP contribution is 2.36. The maximum atomic E-state index is 6.07. The molecule has 0 saturated carbocycles. The molecular formula is C16H23BO3. The van der Waals surface area contributed by atoms with Crippen molar-refractivity contribution in [2.24, 2.45) is 0 Å². The average molecular weight is 274 g/mol. The van der Waals surface area contributed by atoms with Gasteiger partial charge in [0.25, 0.3) is 0 Å². The van der Waals surface area contributed by atoms with Gasteiger partial charge in [-0.05, 0) is 45.1 Å². The van der Waals surface area contributed by atoms with E-state index in [1.165, 1.54) is 5.56 Å². The van der Waals surface area contributed by atoms with Crippen LogP contribution in [0.15, 0.2) is 24.3 Å². The van der Waals surface area contributed by atoms with E-state index >= 15 is 0 Å². The Morgan fingerprint density at radius 3 is 2.10 bits per heavy atom. The smallest absolute Gasteiger partial charge is 0.399 e. The van der Waals surface area contributed by atoms with Gasteiger partial charge in [-0.1, -0.05) is 24.3 Å². The van der Waals surface area contributed by atoms with Crippen LogP contribution < -0.4 is 5.46 Å². The lowest BCUT2D eigenvalue weighted by Gasteiger charge is -2.32. The number of hydrogen-bond donors (Lipinski definition) is 0. The van der Waals surface area contributed by atoms with Gasteiger partial charge in [-0.3, -0.25) is 0 Å². The lowest BCUT2D eigenvalue weighted by atomic mass is 9.78. The number of benzene rings is 1. The molecule has 0 spiro atoms. The number of rotatable bonds is 2. The van der Waals surface area contributed by atoms with E-state index in [2.05, 4.69) is 52.0 Å².